The summed E-state index contributed by atoms with van der Waals surface area (Å²) < 4.78 is 45.8. The Morgan fingerprint density at radius 3 is 2.70 bits per heavy atom. The van der Waals surface area contributed by atoms with Crippen LogP contribution in [0.1, 0.15) is 18.9 Å². The van der Waals surface area contributed by atoms with E-state index < -0.39 is 18.4 Å². The van der Waals surface area contributed by atoms with Gasteiger partial charge in [-0.1, -0.05) is 11.8 Å². The maximum absolute atomic E-state index is 12.8. The van der Waals surface area contributed by atoms with Crippen molar-refractivity contribution in [2.45, 2.75) is 36.8 Å². The minimum absolute atomic E-state index is 0.108. The topological polar surface area (TPSA) is 61.9 Å². The second-order valence-electron chi connectivity index (χ2n) is 5.26. The van der Waals surface area contributed by atoms with E-state index in [0.717, 1.165) is 0 Å². The predicted molar refractivity (Wildman–Crippen MR) is 78.7 cm³/mol. The van der Waals surface area contributed by atoms with Crippen LogP contribution in [0.25, 0.3) is 11.2 Å². The number of thioether (sulfide) groups is 1. The van der Waals surface area contributed by atoms with Gasteiger partial charge in [-0.15, -0.1) is 0 Å². The highest BCUT2D eigenvalue weighted by molar-refractivity contribution is 7.98. The Kier molecular flexibility index (Phi) is 4.37. The molecule has 2 aromatic rings. The lowest BCUT2D eigenvalue weighted by Gasteiger charge is -2.22. The molecule has 1 aliphatic heterocycles. The summed E-state index contributed by atoms with van der Waals surface area (Å²) in [4.78, 5) is 20.8. The SMILES string of the molecule is CSc1ncc2c(n1)n(C1CCOCC1)c(=O)n2CC(F)(F)F. The lowest BCUT2D eigenvalue weighted by Crippen LogP contribution is -2.33. The van der Waals surface area contributed by atoms with Crippen LogP contribution in [0.3, 0.4) is 0 Å². The van der Waals surface area contributed by atoms with Gasteiger partial charge in [-0.3, -0.25) is 9.13 Å². The molecular weight excluding hydrogens is 333 g/mol. The Balaban J connectivity index is 2.19. The summed E-state index contributed by atoms with van der Waals surface area (Å²) in [7, 11) is 0. The summed E-state index contributed by atoms with van der Waals surface area (Å²) in [5.74, 6) is 0. The summed E-state index contributed by atoms with van der Waals surface area (Å²) in [5.41, 5.74) is -0.334. The van der Waals surface area contributed by atoms with Crippen molar-refractivity contribution in [3.63, 3.8) is 0 Å². The fourth-order valence-corrected chi connectivity index (χ4v) is 3.08. The first kappa shape index (κ1) is 16.3. The van der Waals surface area contributed by atoms with Crippen LogP contribution in [0.2, 0.25) is 0 Å². The van der Waals surface area contributed by atoms with E-state index >= 15 is 0 Å². The first-order valence-corrected chi connectivity index (χ1v) is 8.29. The first-order chi connectivity index (χ1) is 10.9. The minimum atomic E-state index is -4.49. The van der Waals surface area contributed by atoms with Gasteiger partial charge in [0.1, 0.15) is 12.1 Å². The Hall–Kier alpha value is -1.55. The number of fused-ring (bicyclic) bond motifs is 1. The molecule has 1 aliphatic rings. The van der Waals surface area contributed by atoms with Crippen molar-refractivity contribution in [2.75, 3.05) is 19.5 Å². The molecule has 0 radical (unpaired) electrons. The number of aromatic nitrogens is 4. The molecule has 0 amide bonds. The third kappa shape index (κ3) is 3.23. The predicted octanol–water partition coefficient (Wildman–Crippen LogP) is 2.23. The highest BCUT2D eigenvalue weighted by Gasteiger charge is 2.32. The molecule has 1 saturated heterocycles. The molecule has 0 N–H and O–H groups in total. The molecule has 0 spiro atoms. The average Bonchev–Trinajstić information content (AvgIpc) is 2.78. The molecule has 0 aromatic carbocycles. The number of nitrogens with zero attached hydrogens (tertiary/aromatic N) is 4. The van der Waals surface area contributed by atoms with Crippen LogP contribution in [-0.2, 0) is 11.3 Å². The van der Waals surface area contributed by atoms with Gasteiger partial charge in [0.15, 0.2) is 10.8 Å². The molecule has 0 aliphatic carbocycles. The van der Waals surface area contributed by atoms with Crippen molar-refractivity contribution in [3.05, 3.63) is 16.7 Å². The normalized spacial score (nSPS) is 17.0. The number of ether oxygens (including phenoxy) is 1. The van der Waals surface area contributed by atoms with Gasteiger partial charge in [0.25, 0.3) is 0 Å². The highest BCUT2D eigenvalue weighted by atomic mass is 32.2. The number of alkyl halides is 3. The van der Waals surface area contributed by atoms with Gasteiger partial charge >= 0.3 is 11.9 Å². The molecular formula is C13H15F3N4O2S. The molecule has 3 heterocycles. The number of imidazole rings is 1. The van der Waals surface area contributed by atoms with E-state index in [2.05, 4.69) is 9.97 Å². The van der Waals surface area contributed by atoms with Crippen molar-refractivity contribution in [1.29, 1.82) is 0 Å². The van der Waals surface area contributed by atoms with Gasteiger partial charge in [0.05, 0.1) is 6.20 Å². The van der Waals surface area contributed by atoms with Gasteiger partial charge in [0.2, 0.25) is 0 Å². The average molecular weight is 348 g/mol. The second kappa shape index (κ2) is 6.16. The van der Waals surface area contributed by atoms with Crippen molar-refractivity contribution in [1.82, 2.24) is 19.1 Å². The molecule has 23 heavy (non-hydrogen) atoms. The smallest absolute Gasteiger partial charge is 0.381 e. The standard InChI is InChI=1S/C13H15F3N4O2S/c1-23-11-17-6-9-10(18-11)20(8-2-4-22-5-3-8)12(21)19(9)7-13(14,15)16/h6,8H,2-5,7H2,1H3. The number of halogens is 3. The molecule has 1 fully saturated rings. The maximum Gasteiger partial charge on any atom is 0.406 e. The van der Waals surface area contributed by atoms with Gasteiger partial charge in [-0.05, 0) is 19.1 Å². The largest absolute Gasteiger partial charge is 0.406 e. The third-order valence-electron chi connectivity index (χ3n) is 3.76. The lowest BCUT2D eigenvalue weighted by molar-refractivity contribution is -0.140. The summed E-state index contributed by atoms with van der Waals surface area (Å²) in [5, 5.41) is 0.419. The molecule has 6 nitrogen and oxygen atoms in total. The van der Waals surface area contributed by atoms with Crippen LogP contribution < -0.4 is 5.69 Å². The van der Waals surface area contributed by atoms with Crippen molar-refractivity contribution >= 4 is 22.9 Å². The van der Waals surface area contributed by atoms with Crippen LogP contribution in [0, 0.1) is 0 Å². The van der Waals surface area contributed by atoms with E-state index in [0.29, 0.717) is 35.8 Å². The van der Waals surface area contributed by atoms with Crippen LogP contribution >= 0.6 is 11.8 Å². The fraction of sp³-hybridized carbons (Fsp3) is 0.615. The Morgan fingerprint density at radius 2 is 2.09 bits per heavy atom. The van der Waals surface area contributed by atoms with Gasteiger partial charge in [-0.2, -0.15) is 13.2 Å². The van der Waals surface area contributed by atoms with Gasteiger partial charge in [0, 0.05) is 19.3 Å². The van der Waals surface area contributed by atoms with Crippen molar-refractivity contribution in [3.8, 4) is 0 Å². The summed E-state index contributed by atoms with van der Waals surface area (Å²) in [6.45, 7) is -0.395. The van der Waals surface area contributed by atoms with Gasteiger partial charge < -0.3 is 4.74 Å². The number of hydrogen-bond acceptors (Lipinski definition) is 5. The quantitative estimate of drug-likeness (QED) is 0.629. The Labute approximate surface area is 133 Å². The third-order valence-corrected chi connectivity index (χ3v) is 4.32. The monoisotopic (exact) mass is 348 g/mol. The first-order valence-electron chi connectivity index (χ1n) is 7.07. The molecule has 0 unspecified atom stereocenters. The maximum atomic E-state index is 12.8. The van der Waals surface area contributed by atoms with Crippen LogP contribution in [-0.4, -0.2) is 44.7 Å². The zero-order valence-electron chi connectivity index (χ0n) is 12.3. The Bertz CT molecular complexity index is 765. The van der Waals surface area contributed by atoms with E-state index in [1.165, 1.54) is 22.5 Å². The van der Waals surface area contributed by atoms with Crippen LogP contribution in [0.5, 0.6) is 0 Å². The van der Waals surface area contributed by atoms with E-state index in [1.54, 1.807) is 6.26 Å². The molecule has 0 saturated carbocycles. The molecule has 0 bridgehead atoms. The van der Waals surface area contributed by atoms with Crippen LogP contribution in [0.15, 0.2) is 16.1 Å². The zero-order valence-corrected chi connectivity index (χ0v) is 13.2. The van der Waals surface area contributed by atoms with Crippen molar-refractivity contribution in [2.24, 2.45) is 0 Å². The molecule has 126 valence electrons. The molecule has 10 heteroatoms. The van der Waals surface area contributed by atoms with Crippen molar-refractivity contribution < 1.29 is 17.9 Å². The molecule has 3 rings (SSSR count). The van der Waals surface area contributed by atoms with Crippen LogP contribution in [0.4, 0.5) is 13.2 Å². The fourth-order valence-electron chi connectivity index (χ4n) is 2.75. The van der Waals surface area contributed by atoms with Gasteiger partial charge in [-0.25, -0.2) is 14.8 Å². The Morgan fingerprint density at radius 1 is 1.39 bits per heavy atom. The zero-order chi connectivity index (χ0) is 16.6. The number of hydrogen-bond donors (Lipinski definition) is 0. The second-order valence-corrected chi connectivity index (χ2v) is 6.04. The summed E-state index contributed by atoms with van der Waals surface area (Å²) in [6.07, 6.45) is -0.286. The van der Waals surface area contributed by atoms with E-state index in [1.807, 2.05) is 0 Å². The van der Waals surface area contributed by atoms with E-state index in [9.17, 15) is 18.0 Å². The number of rotatable bonds is 3. The summed E-state index contributed by atoms with van der Waals surface area (Å²) >= 11 is 1.27. The molecule has 0 atom stereocenters. The van der Waals surface area contributed by atoms with E-state index in [-0.39, 0.29) is 17.2 Å². The molecule has 2 aromatic heterocycles. The lowest BCUT2D eigenvalue weighted by atomic mass is 10.1. The minimum Gasteiger partial charge on any atom is -0.381 e. The highest BCUT2D eigenvalue weighted by Crippen LogP contribution is 2.26. The van der Waals surface area contributed by atoms with E-state index in [4.69, 9.17) is 4.74 Å². The summed E-state index contributed by atoms with van der Waals surface area (Å²) in [6, 6.07) is -0.210.